The molecule has 0 saturated carbocycles. The smallest absolute Gasteiger partial charge is 0.129 e. The maximum Gasteiger partial charge on any atom is 0.129 e. The fourth-order valence-electron chi connectivity index (χ4n) is 1.75. The standard InChI is InChI=1S/C15H14F2O2/c1-10(18)13-8-12(16)6-7-15(13)19-9-11-4-2-3-5-14(11)17/h2-8,10,18H,9H2,1H3/t10-/m0/s1. The average molecular weight is 264 g/mol. The maximum atomic E-state index is 13.4. The van der Waals surface area contributed by atoms with Crippen LogP contribution in [0.25, 0.3) is 0 Å². The van der Waals surface area contributed by atoms with Gasteiger partial charge in [0.05, 0.1) is 6.10 Å². The van der Waals surface area contributed by atoms with Gasteiger partial charge in [-0.1, -0.05) is 18.2 Å². The summed E-state index contributed by atoms with van der Waals surface area (Å²) in [7, 11) is 0. The van der Waals surface area contributed by atoms with E-state index in [0.29, 0.717) is 16.9 Å². The highest BCUT2D eigenvalue weighted by atomic mass is 19.1. The third-order valence-electron chi connectivity index (χ3n) is 2.76. The Morgan fingerprint density at radius 2 is 1.89 bits per heavy atom. The quantitative estimate of drug-likeness (QED) is 0.914. The molecule has 2 aromatic rings. The van der Waals surface area contributed by atoms with Gasteiger partial charge in [0.1, 0.15) is 24.0 Å². The number of aliphatic hydroxyl groups is 1. The van der Waals surface area contributed by atoms with Gasteiger partial charge in [-0.3, -0.25) is 0 Å². The number of halogens is 2. The molecule has 2 aromatic carbocycles. The first kappa shape index (κ1) is 13.5. The van der Waals surface area contributed by atoms with Crippen molar-refractivity contribution in [2.45, 2.75) is 19.6 Å². The van der Waals surface area contributed by atoms with Gasteiger partial charge in [-0.05, 0) is 31.2 Å². The molecule has 0 radical (unpaired) electrons. The summed E-state index contributed by atoms with van der Waals surface area (Å²) < 4.78 is 32.0. The molecule has 1 N–H and O–H groups in total. The molecule has 0 aliphatic carbocycles. The lowest BCUT2D eigenvalue weighted by Crippen LogP contribution is -2.03. The normalized spacial score (nSPS) is 12.2. The number of benzene rings is 2. The lowest BCUT2D eigenvalue weighted by Gasteiger charge is -2.13. The monoisotopic (exact) mass is 264 g/mol. The van der Waals surface area contributed by atoms with Crippen molar-refractivity contribution >= 4 is 0 Å². The van der Waals surface area contributed by atoms with Gasteiger partial charge in [0.15, 0.2) is 0 Å². The first-order chi connectivity index (χ1) is 9.08. The van der Waals surface area contributed by atoms with Crippen molar-refractivity contribution in [2.75, 3.05) is 0 Å². The van der Waals surface area contributed by atoms with Gasteiger partial charge in [0, 0.05) is 11.1 Å². The van der Waals surface area contributed by atoms with Gasteiger partial charge in [0.25, 0.3) is 0 Å². The Hall–Kier alpha value is -1.94. The molecule has 2 rings (SSSR count). The van der Waals surface area contributed by atoms with Crippen LogP contribution in [0.3, 0.4) is 0 Å². The van der Waals surface area contributed by atoms with Crippen LogP contribution in [0.1, 0.15) is 24.2 Å². The number of rotatable bonds is 4. The Morgan fingerprint density at radius 3 is 2.58 bits per heavy atom. The fraction of sp³-hybridized carbons (Fsp3) is 0.200. The Bertz CT molecular complexity index is 568. The summed E-state index contributed by atoms with van der Waals surface area (Å²) in [5.41, 5.74) is 0.750. The Morgan fingerprint density at radius 1 is 1.16 bits per heavy atom. The van der Waals surface area contributed by atoms with E-state index in [2.05, 4.69) is 0 Å². The van der Waals surface area contributed by atoms with Crippen molar-refractivity contribution in [2.24, 2.45) is 0 Å². The SMILES string of the molecule is C[C@H](O)c1cc(F)ccc1OCc1ccccc1F. The zero-order valence-corrected chi connectivity index (χ0v) is 10.4. The number of hydrogen-bond acceptors (Lipinski definition) is 2. The van der Waals surface area contributed by atoms with Crippen LogP contribution in [0.5, 0.6) is 5.75 Å². The molecule has 0 amide bonds. The van der Waals surface area contributed by atoms with E-state index in [4.69, 9.17) is 4.74 Å². The van der Waals surface area contributed by atoms with E-state index < -0.39 is 11.9 Å². The third kappa shape index (κ3) is 3.29. The van der Waals surface area contributed by atoms with E-state index in [9.17, 15) is 13.9 Å². The molecule has 0 aromatic heterocycles. The summed E-state index contributed by atoms with van der Waals surface area (Å²) in [6.07, 6.45) is -0.855. The topological polar surface area (TPSA) is 29.5 Å². The highest BCUT2D eigenvalue weighted by Crippen LogP contribution is 2.26. The molecule has 0 unspecified atom stereocenters. The average Bonchev–Trinajstić information content (AvgIpc) is 2.38. The summed E-state index contributed by atoms with van der Waals surface area (Å²) in [5, 5.41) is 9.56. The molecule has 0 fully saturated rings. The second-order valence-electron chi connectivity index (χ2n) is 4.24. The van der Waals surface area contributed by atoms with Crippen molar-refractivity contribution < 1.29 is 18.6 Å². The summed E-state index contributed by atoms with van der Waals surface area (Å²) >= 11 is 0. The molecule has 0 aliphatic rings. The predicted octanol–water partition coefficient (Wildman–Crippen LogP) is 3.60. The molecule has 1 atom stereocenters. The highest BCUT2D eigenvalue weighted by Gasteiger charge is 2.11. The highest BCUT2D eigenvalue weighted by molar-refractivity contribution is 5.35. The number of aliphatic hydroxyl groups excluding tert-OH is 1. The van der Waals surface area contributed by atoms with Crippen molar-refractivity contribution in [1.29, 1.82) is 0 Å². The molecule has 0 aliphatic heterocycles. The molecular formula is C15H14F2O2. The second-order valence-corrected chi connectivity index (χ2v) is 4.24. The fourth-order valence-corrected chi connectivity index (χ4v) is 1.75. The van der Waals surface area contributed by atoms with E-state index >= 15 is 0 Å². The van der Waals surface area contributed by atoms with Gasteiger partial charge >= 0.3 is 0 Å². The van der Waals surface area contributed by atoms with Gasteiger partial charge < -0.3 is 9.84 Å². The lowest BCUT2D eigenvalue weighted by molar-refractivity contribution is 0.189. The zero-order chi connectivity index (χ0) is 13.8. The van der Waals surface area contributed by atoms with Crippen LogP contribution in [-0.4, -0.2) is 5.11 Å². The van der Waals surface area contributed by atoms with Gasteiger partial charge in [-0.25, -0.2) is 8.78 Å². The predicted molar refractivity (Wildman–Crippen MR) is 67.8 cm³/mol. The minimum absolute atomic E-state index is 0.0258. The first-order valence-electron chi connectivity index (χ1n) is 5.91. The van der Waals surface area contributed by atoms with Crippen LogP contribution in [0.4, 0.5) is 8.78 Å². The molecule has 0 heterocycles. The van der Waals surface area contributed by atoms with Gasteiger partial charge in [-0.15, -0.1) is 0 Å². The Labute approximate surface area is 110 Å². The molecule has 100 valence electrons. The first-order valence-corrected chi connectivity index (χ1v) is 5.91. The van der Waals surface area contributed by atoms with Crippen LogP contribution in [0, 0.1) is 11.6 Å². The Balaban J connectivity index is 2.18. The summed E-state index contributed by atoms with van der Waals surface area (Å²) in [6, 6.07) is 10.1. The van der Waals surface area contributed by atoms with Crippen molar-refractivity contribution in [3.63, 3.8) is 0 Å². The molecule has 0 saturated heterocycles. The lowest BCUT2D eigenvalue weighted by atomic mass is 10.1. The molecular weight excluding hydrogens is 250 g/mol. The molecule has 2 nitrogen and oxygen atoms in total. The van der Waals surface area contributed by atoms with E-state index in [1.54, 1.807) is 18.2 Å². The third-order valence-corrected chi connectivity index (χ3v) is 2.76. The summed E-state index contributed by atoms with van der Waals surface area (Å²) in [5.74, 6) is -0.461. The number of ether oxygens (including phenoxy) is 1. The van der Waals surface area contributed by atoms with E-state index in [1.807, 2.05) is 0 Å². The minimum Gasteiger partial charge on any atom is -0.488 e. The number of hydrogen-bond donors (Lipinski definition) is 1. The van der Waals surface area contributed by atoms with Gasteiger partial charge in [-0.2, -0.15) is 0 Å². The van der Waals surface area contributed by atoms with Crippen LogP contribution < -0.4 is 4.74 Å². The molecule has 4 heteroatoms. The minimum atomic E-state index is -0.855. The van der Waals surface area contributed by atoms with E-state index in [-0.39, 0.29) is 12.4 Å². The van der Waals surface area contributed by atoms with E-state index in [1.165, 1.54) is 31.2 Å². The zero-order valence-electron chi connectivity index (χ0n) is 10.4. The molecule has 0 bridgehead atoms. The van der Waals surface area contributed by atoms with Crippen LogP contribution in [0.2, 0.25) is 0 Å². The van der Waals surface area contributed by atoms with Crippen molar-refractivity contribution in [3.05, 3.63) is 65.2 Å². The van der Waals surface area contributed by atoms with Crippen LogP contribution in [0.15, 0.2) is 42.5 Å². The van der Waals surface area contributed by atoms with Crippen LogP contribution >= 0.6 is 0 Å². The summed E-state index contributed by atoms with van der Waals surface area (Å²) in [4.78, 5) is 0. The molecule has 0 spiro atoms. The molecule has 19 heavy (non-hydrogen) atoms. The maximum absolute atomic E-state index is 13.4. The second kappa shape index (κ2) is 5.80. The van der Waals surface area contributed by atoms with Crippen molar-refractivity contribution in [3.8, 4) is 5.75 Å². The van der Waals surface area contributed by atoms with Gasteiger partial charge in [0.2, 0.25) is 0 Å². The van der Waals surface area contributed by atoms with E-state index in [0.717, 1.165) is 0 Å². The van der Waals surface area contributed by atoms with Crippen LogP contribution in [-0.2, 0) is 6.61 Å². The Kier molecular flexibility index (Phi) is 4.12. The largest absolute Gasteiger partial charge is 0.488 e. The summed E-state index contributed by atoms with van der Waals surface area (Å²) in [6.45, 7) is 1.54. The van der Waals surface area contributed by atoms with Crippen molar-refractivity contribution in [1.82, 2.24) is 0 Å².